The highest BCUT2D eigenvalue weighted by molar-refractivity contribution is 5.92. The number of aromatic nitrogens is 4. The van der Waals surface area contributed by atoms with Gasteiger partial charge in [-0.3, -0.25) is 9.59 Å². The number of imidazole rings is 2. The average molecular weight is 815 g/mol. The van der Waals surface area contributed by atoms with Crippen LogP contribution in [0.15, 0.2) is 60.8 Å². The van der Waals surface area contributed by atoms with E-state index < -0.39 is 35.3 Å². The number of rotatable bonds is 10. The van der Waals surface area contributed by atoms with Gasteiger partial charge >= 0.3 is 12.2 Å². The maximum Gasteiger partial charge on any atom is 0.407 e. The van der Waals surface area contributed by atoms with Crippen molar-refractivity contribution in [2.45, 2.75) is 89.4 Å². The van der Waals surface area contributed by atoms with Gasteiger partial charge in [0.1, 0.15) is 34.8 Å². The van der Waals surface area contributed by atoms with E-state index in [1.165, 1.54) is 14.2 Å². The molecule has 4 amide bonds. The standard InChI is InChI=1S/C46H54N8O6/c1-25(2)37(51-43(57)59-5)39(55)53-23-27-13-15-45(53,20-27)41-47-22-36(50-41)33-10-9-29-17-30(7-8-31(29)18-33)32-11-12-34-35(19-32)49-42(48-34)46-16-14-28(21-46)24-54(46)40(56)38(26(3)4)52-44(58)60-6/h7-12,17-19,22,25-28,37-38H,13-16,20-21,23-24H2,1-6H3,(H,47,50)(H,48,49)(H,51,57)(H,52,58)/t27-,28-,37?,38+,45-,46-/m1/s1. The number of hydrogen-bond donors (Lipinski definition) is 4. The number of amides is 4. The van der Waals surface area contributed by atoms with Crippen LogP contribution in [0.3, 0.4) is 0 Å². The first-order valence-corrected chi connectivity index (χ1v) is 21.2. The van der Waals surface area contributed by atoms with Crippen LogP contribution in [0.25, 0.3) is 44.2 Å². The molecule has 0 radical (unpaired) electrons. The largest absolute Gasteiger partial charge is 0.453 e. The predicted octanol–water partition coefficient (Wildman–Crippen LogP) is 7.21. The zero-order valence-corrected chi connectivity index (χ0v) is 35.1. The first-order valence-electron chi connectivity index (χ1n) is 21.2. The molecule has 4 heterocycles. The van der Waals surface area contributed by atoms with Crippen LogP contribution in [0.1, 0.15) is 77.9 Å². The molecule has 0 spiro atoms. The van der Waals surface area contributed by atoms with E-state index in [0.717, 1.165) is 94.4 Å². The molecule has 9 rings (SSSR count). The minimum absolute atomic E-state index is 0.101. The number of methoxy groups -OCH3 is 2. The Morgan fingerprint density at radius 3 is 1.77 bits per heavy atom. The number of likely N-dealkylation sites (tertiary alicyclic amines) is 2. The molecule has 1 unspecified atom stereocenters. The Balaban J connectivity index is 0.952. The van der Waals surface area contributed by atoms with Crippen molar-refractivity contribution < 1.29 is 28.7 Å². The summed E-state index contributed by atoms with van der Waals surface area (Å²) < 4.78 is 9.67. The molecule has 2 saturated heterocycles. The van der Waals surface area contributed by atoms with E-state index in [1.807, 2.05) is 49.8 Å². The zero-order valence-electron chi connectivity index (χ0n) is 35.1. The third-order valence-electron chi connectivity index (χ3n) is 13.8. The summed E-state index contributed by atoms with van der Waals surface area (Å²) in [5.41, 5.74) is 4.68. The van der Waals surface area contributed by atoms with Gasteiger partial charge < -0.3 is 39.9 Å². The molecule has 3 aromatic carbocycles. The number of nitrogens with one attached hydrogen (secondary N) is 4. The first-order chi connectivity index (χ1) is 28.8. The Hall–Kier alpha value is -5.92. The molecule has 14 heteroatoms. The van der Waals surface area contributed by atoms with Gasteiger partial charge in [0.05, 0.1) is 37.1 Å². The molecule has 2 aliphatic heterocycles. The van der Waals surface area contributed by atoms with Crippen LogP contribution in [0.5, 0.6) is 0 Å². The zero-order chi connectivity index (χ0) is 42.1. The maximum atomic E-state index is 14.0. The smallest absolute Gasteiger partial charge is 0.407 e. The fraction of sp³-hybridized carbons (Fsp3) is 0.478. The molecule has 5 aromatic rings. The minimum Gasteiger partial charge on any atom is -0.453 e. The number of nitrogens with zero attached hydrogens (tertiary/aromatic N) is 4. The highest BCUT2D eigenvalue weighted by Crippen LogP contribution is 2.54. The van der Waals surface area contributed by atoms with Crippen LogP contribution >= 0.6 is 0 Å². The third kappa shape index (κ3) is 6.55. The second-order valence-corrected chi connectivity index (χ2v) is 18.1. The summed E-state index contributed by atoms with van der Waals surface area (Å²) in [6.07, 6.45) is 6.02. The molecular formula is C46H54N8O6. The van der Waals surface area contributed by atoms with Gasteiger partial charge in [0.2, 0.25) is 11.8 Å². The van der Waals surface area contributed by atoms with Gasteiger partial charge in [-0.1, -0.05) is 58.0 Å². The van der Waals surface area contributed by atoms with E-state index in [2.05, 4.69) is 69.1 Å². The second kappa shape index (κ2) is 15.0. The highest BCUT2D eigenvalue weighted by atomic mass is 16.5. The molecule has 4 N–H and O–H groups in total. The lowest BCUT2D eigenvalue weighted by molar-refractivity contribution is -0.141. The van der Waals surface area contributed by atoms with Crippen LogP contribution in [0, 0.1) is 23.7 Å². The summed E-state index contributed by atoms with van der Waals surface area (Å²) in [6, 6.07) is 17.7. The highest BCUT2D eigenvalue weighted by Gasteiger charge is 2.58. The van der Waals surface area contributed by atoms with E-state index in [0.29, 0.717) is 24.9 Å². The van der Waals surface area contributed by atoms with Gasteiger partial charge in [-0.05, 0) is 108 Å². The lowest BCUT2D eigenvalue weighted by Crippen LogP contribution is -2.56. The van der Waals surface area contributed by atoms with E-state index in [1.54, 1.807) is 0 Å². The van der Waals surface area contributed by atoms with Crippen molar-refractivity contribution in [1.29, 1.82) is 0 Å². The molecule has 4 bridgehead atoms. The van der Waals surface area contributed by atoms with E-state index in [9.17, 15) is 19.2 Å². The van der Waals surface area contributed by atoms with Crippen LogP contribution in [-0.4, -0.2) is 93.1 Å². The Kier molecular flexibility index (Phi) is 9.86. The number of H-pyrrole nitrogens is 2. The monoisotopic (exact) mass is 814 g/mol. The van der Waals surface area contributed by atoms with Crippen LogP contribution in [0.2, 0.25) is 0 Å². The third-order valence-corrected chi connectivity index (χ3v) is 13.8. The quantitative estimate of drug-likeness (QED) is 0.114. The number of ether oxygens (including phenoxy) is 2. The molecule has 2 aliphatic carbocycles. The normalized spacial score (nSPS) is 24.1. The molecule has 6 atom stereocenters. The van der Waals surface area contributed by atoms with E-state index in [4.69, 9.17) is 19.4 Å². The predicted molar refractivity (Wildman–Crippen MR) is 226 cm³/mol. The van der Waals surface area contributed by atoms with Gasteiger partial charge in [-0.15, -0.1) is 0 Å². The number of alkyl carbamates (subject to hydrolysis) is 2. The van der Waals surface area contributed by atoms with Crippen molar-refractivity contribution in [2.75, 3.05) is 27.3 Å². The number of fused-ring (bicyclic) bond motifs is 6. The Labute approximate surface area is 349 Å². The van der Waals surface area contributed by atoms with Gasteiger partial charge in [-0.25, -0.2) is 19.6 Å². The van der Waals surface area contributed by atoms with Crippen molar-refractivity contribution in [3.8, 4) is 22.4 Å². The summed E-state index contributed by atoms with van der Waals surface area (Å²) in [5, 5.41) is 7.71. The number of benzene rings is 3. The van der Waals surface area contributed by atoms with Gasteiger partial charge in [-0.2, -0.15) is 0 Å². The lowest BCUT2D eigenvalue weighted by Gasteiger charge is -2.40. The van der Waals surface area contributed by atoms with Crippen molar-refractivity contribution >= 4 is 45.8 Å². The Bertz CT molecular complexity index is 2510. The Morgan fingerprint density at radius 2 is 1.22 bits per heavy atom. The molecule has 4 fully saturated rings. The Morgan fingerprint density at radius 1 is 0.700 bits per heavy atom. The van der Waals surface area contributed by atoms with Crippen molar-refractivity contribution in [3.63, 3.8) is 0 Å². The van der Waals surface area contributed by atoms with Crippen LogP contribution in [-0.2, 0) is 30.1 Å². The van der Waals surface area contributed by atoms with Gasteiger partial charge in [0.25, 0.3) is 0 Å². The number of carbonyl (C=O) groups is 4. The van der Waals surface area contributed by atoms with Crippen LogP contribution < -0.4 is 10.6 Å². The van der Waals surface area contributed by atoms with Crippen molar-refractivity contribution in [2.24, 2.45) is 23.7 Å². The van der Waals surface area contributed by atoms with Crippen LogP contribution in [0.4, 0.5) is 9.59 Å². The molecule has 60 heavy (non-hydrogen) atoms. The molecule has 14 nitrogen and oxygen atoms in total. The molecular weight excluding hydrogens is 761 g/mol. The van der Waals surface area contributed by atoms with Gasteiger partial charge in [0.15, 0.2) is 0 Å². The summed E-state index contributed by atoms with van der Waals surface area (Å²) in [5.74, 6) is 1.95. The lowest BCUT2D eigenvalue weighted by atomic mass is 9.93. The maximum absolute atomic E-state index is 14.0. The molecule has 4 aliphatic rings. The fourth-order valence-electron chi connectivity index (χ4n) is 10.6. The molecule has 314 valence electrons. The van der Waals surface area contributed by atoms with Crippen molar-refractivity contribution in [3.05, 3.63) is 72.4 Å². The number of carbonyl (C=O) groups excluding carboxylic acids is 4. The van der Waals surface area contributed by atoms with E-state index in [-0.39, 0.29) is 23.7 Å². The average Bonchev–Trinajstić information content (AvgIpc) is 4.12. The number of piperidine rings is 2. The minimum atomic E-state index is -0.692. The SMILES string of the molecule is COC(=O)NC(C(=O)N1C[C@@H]2CC[C@]1(c1ncc(-c3ccc4cc(-c5ccc6nc([C@]78CC[C@@H](CN7C(=O)[C@@H](NC(=O)OC)C(C)C)C8)[nH]c6c5)ccc4c3)[nH]1)C2)C(C)C. The number of aromatic amines is 2. The fourth-order valence-corrected chi connectivity index (χ4v) is 10.6. The summed E-state index contributed by atoms with van der Waals surface area (Å²) in [4.78, 5) is 73.4. The second-order valence-electron chi connectivity index (χ2n) is 18.1. The van der Waals surface area contributed by atoms with Crippen molar-refractivity contribution in [1.82, 2.24) is 40.4 Å². The van der Waals surface area contributed by atoms with Gasteiger partial charge in [0, 0.05) is 18.7 Å². The topological polar surface area (TPSA) is 175 Å². The first kappa shape index (κ1) is 39.5. The summed E-state index contributed by atoms with van der Waals surface area (Å²) in [7, 11) is 2.62. The summed E-state index contributed by atoms with van der Waals surface area (Å²) in [6.45, 7) is 9.01. The summed E-state index contributed by atoms with van der Waals surface area (Å²) >= 11 is 0. The number of hydrogen-bond acceptors (Lipinski definition) is 8. The van der Waals surface area contributed by atoms with E-state index >= 15 is 0 Å². The molecule has 2 saturated carbocycles. The molecule has 2 aromatic heterocycles.